The van der Waals surface area contributed by atoms with Crippen LogP contribution in [-0.4, -0.2) is 48.7 Å². The van der Waals surface area contributed by atoms with Crippen LogP contribution in [-0.2, 0) is 4.79 Å². The normalized spacial score (nSPS) is 20.2. The molecule has 1 aliphatic rings. The Morgan fingerprint density at radius 1 is 1.75 bits per heavy atom. The molecule has 0 aromatic heterocycles. The van der Waals surface area contributed by atoms with Crippen LogP contribution in [0, 0.1) is 0 Å². The van der Waals surface area contributed by atoms with Gasteiger partial charge in [-0.3, -0.25) is 4.79 Å². The van der Waals surface area contributed by atoms with Crippen LogP contribution in [0.3, 0.4) is 0 Å². The number of aliphatic hydroxyl groups is 1. The van der Waals surface area contributed by atoms with E-state index in [0.29, 0.717) is 19.5 Å². The first-order chi connectivity index (χ1) is 5.74. The standard InChI is InChI=1S/C8H16N2O2/c1-9-5-7(11)6-10-4-2-3-8(10)12/h7,9,11H,2-6H2,1H3/t7-/m0/s1. The lowest BCUT2D eigenvalue weighted by atomic mass is 10.3. The monoisotopic (exact) mass is 172 g/mol. The number of rotatable bonds is 4. The highest BCUT2D eigenvalue weighted by Crippen LogP contribution is 2.09. The highest BCUT2D eigenvalue weighted by Gasteiger charge is 2.21. The second-order valence-corrected chi connectivity index (χ2v) is 3.15. The zero-order chi connectivity index (χ0) is 8.97. The van der Waals surface area contributed by atoms with Gasteiger partial charge in [-0.1, -0.05) is 0 Å². The molecule has 1 aliphatic heterocycles. The second kappa shape index (κ2) is 4.42. The van der Waals surface area contributed by atoms with Gasteiger partial charge in [0.05, 0.1) is 6.10 Å². The lowest BCUT2D eigenvalue weighted by molar-refractivity contribution is -0.128. The molecule has 1 amide bonds. The van der Waals surface area contributed by atoms with E-state index in [1.807, 2.05) is 0 Å². The Labute approximate surface area is 72.6 Å². The van der Waals surface area contributed by atoms with Crippen molar-refractivity contribution in [2.45, 2.75) is 18.9 Å². The van der Waals surface area contributed by atoms with E-state index in [-0.39, 0.29) is 5.91 Å². The van der Waals surface area contributed by atoms with Crippen molar-refractivity contribution in [3.63, 3.8) is 0 Å². The molecule has 1 atom stereocenters. The third-order valence-electron chi connectivity index (χ3n) is 2.04. The van der Waals surface area contributed by atoms with Crippen molar-refractivity contribution in [3.8, 4) is 0 Å². The molecule has 1 saturated heterocycles. The maximum atomic E-state index is 11.1. The second-order valence-electron chi connectivity index (χ2n) is 3.15. The van der Waals surface area contributed by atoms with Crippen LogP contribution in [0.4, 0.5) is 0 Å². The van der Waals surface area contributed by atoms with E-state index in [9.17, 15) is 9.90 Å². The Bertz CT molecular complexity index is 161. The smallest absolute Gasteiger partial charge is 0.222 e. The van der Waals surface area contributed by atoms with Gasteiger partial charge in [-0.2, -0.15) is 0 Å². The molecule has 4 heteroatoms. The highest BCUT2D eigenvalue weighted by molar-refractivity contribution is 5.78. The SMILES string of the molecule is CNC[C@H](O)CN1CCCC1=O. The van der Waals surface area contributed by atoms with E-state index < -0.39 is 6.10 Å². The third kappa shape index (κ3) is 2.46. The summed E-state index contributed by atoms with van der Waals surface area (Å²) in [5.41, 5.74) is 0. The summed E-state index contributed by atoms with van der Waals surface area (Å²) in [6.07, 6.45) is 1.15. The minimum absolute atomic E-state index is 0.171. The first-order valence-electron chi connectivity index (χ1n) is 4.34. The van der Waals surface area contributed by atoms with Crippen LogP contribution in [0.1, 0.15) is 12.8 Å². The van der Waals surface area contributed by atoms with Crippen LogP contribution < -0.4 is 5.32 Å². The number of aliphatic hydroxyl groups excluding tert-OH is 1. The minimum Gasteiger partial charge on any atom is -0.390 e. The average molecular weight is 172 g/mol. The van der Waals surface area contributed by atoms with Gasteiger partial charge in [-0.15, -0.1) is 0 Å². The van der Waals surface area contributed by atoms with E-state index in [2.05, 4.69) is 5.32 Å². The number of hydrogen-bond donors (Lipinski definition) is 2. The van der Waals surface area contributed by atoms with Crippen molar-refractivity contribution in [1.82, 2.24) is 10.2 Å². The Morgan fingerprint density at radius 2 is 2.50 bits per heavy atom. The predicted molar refractivity (Wildman–Crippen MR) is 45.7 cm³/mol. The molecule has 1 rings (SSSR count). The zero-order valence-electron chi connectivity index (χ0n) is 7.42. The molecule has 12 heavy (non-hydrogen) atoms. The van der Waals surface area contributed by atoms with Gasteiger partial charge >= 0.3 is 0 Å². The fraction of sp³-hybridized carbons (Fsp3) is 0.875. The Morgan fingerprint density at radius 3 is 3.00 bits per heavy atom. The van der Waals surface area contributed by atoms with Gasteiger partial charge in [0.2, 0.25) is 5.91 Å². The number of nitrogens with one attached hydrogen (secondary N) is 1. The maximum absolute atomic E-state index is 11.1. The van der Waals surface area contributed by atoms with Crippen LogP contribution in [0.25, 0.3) is 0 Å². The molecule has 0 saturated carbocycles. The van der Waals surface area contributed by atoms with Crippen molar-refractivity contribution >= 4 is 5.91 Å². The molecular weight excluding hydrogens is 156 g/mol. The number of carbonyl (C=O) groups is 1. The summed E-state index contributed by atoms with van der Waals surface area (Å²) < 4.78 is 0. The lowest BCUT2D eigenvalue weighted by Gasteiger charge is -2.19. The van der Waals surface area contributed by atoms with Crippen molar-refractivity contribution in [2.75, 3.05) is 26.7 Å². The topological polar surface area (TPSA) is 52.6 Å². The van der Waals surface area contributed by atoms with E-state index >= 15 is 0 Å². The minimum atomic E-state index is -0.433. The fourth-order valence-corrected chi connectivity index (χ4v) is 1.45. The quantitative estimate of drug-likeness (QED) is 0.583. The molecule has 0 radical (unpaired) electrons. The van der Waals surface area contributed by atoms with E-state index in [1.165, 1.54) is 0 Å². The molecule has 0 spiro atoms. The number of carbonyl (C=O) groups excluding carboxylic acids is 1. The van der Waals surface area contributed by atoms with E-state index in [0.717, 1.165) is 13.0 Å². The molecule has 2 N–H and O–H groups in total. The molecule has 0 bridgehead atoms. The number of hydrogen-bond acceptors (Lipinski definition) is 3. The Balaban J connectivity index is 2.25. The van der Waals surface area contributed by atoms with Crippen molar-refractivity contribution in [2.24, 2.45) is 0 Å². The number of amides is 1. The van der Waals surface area contributed by atoms with Gasteiger partial charge < -0.3 is 15.3 Å². The molecule has 0 aromatic rings. The molecule has 0 aliphatic carbocycles. The van der Waals surface area contributed by atoms with Gasteiger partial charge in [0.1, 0.15) is 0 Å². The summed E-state index contributed by atoms with van der Waals surface area (Å²) in [6.45, 7) is 1.82. The summed E-state index contributed by atoms with van der Waals surface area (Å²) in [6, 6.07) is 0. The summed E-state index contributed by atoms with van der Waals surface area (Å²) in [7, 11) is 1.79. The van der Waals surface area contributed by atoms with Gasteiger partial charge in [0.15, 0.2) is 0 Å². The number of nitrogens with zero attached hydrogens (tertiary/aromatic N) is 1. The highest BCUT2D eigenvalue weighted by atomic mass is 16.3. The molecular formula is C8H16N2O2. The summed E-state index contributed by atoms with van der Waals surface area (Å²) in [4.78, 5) is 12.8. The molecule has 0 unspecified atom stereocenters. The lowest BCUT2D eigenvalue weighted by Crippen LogP contribution is -2.37. The molecule has 70 valence electrons. The molecule has 0 aromatic carbocycles. The third-order valence-corrected chi connectivity index (χ3v) is 2.04. The fourth-order valence-electron chi connectivity index (χ4n) is 1.45. The maximum Gasteiger partial charge on any atom is 0.222 e. The molecule has 1 heterocycles. The van der Waals surface area contributed by atoms with Crippen molar-refractivity contribution < 1.29 is 9.90 Å². The Kier molecular flexibility index (Phi) is 3.49. The molecule has 1 fully saturated rings. The summed E-state index contributed by atoms with van der Waals surface area (Å²) in [5.74, 6) is 0.171. The van der Waals surface area contributed by atoms with Gasteiger partial charge in [0, 0.05) is 26.1 Å². The van der Waals surface area contributed by atoms with E-state index in [4.69, 9.17) is 0 Å². The van der Waals surface area contributed by atoms with Crippen molar-refractivity contribution in [3.05, 3.63) is 0 Å². The van der Waals surface area contributed by atoms with Crippen molar-refractivity contribution in [1.29, 1.82) is 0 Å². The predicted octanol–water partition coefficient (Wildman–Crippen LogP) is -0.811. The van der Waals surface area contributed by atoms with Gasteiger partial charge in [0.25, 0.3) is 0 Å². The first kappa shape index (κ1) is 9.48. The molecule has 4 nitrogen and oxygen atoms in total. The number of likely N-dealkylation sites (N-methyl/N-ethyl adjacent to an activating group) is 1. The largest absolute Gasteiger partial charge is 0.390 e. The zero-order valence-corrected chi connectivity index (χ0v) is 7.42. The van der Waals surface area contributed by atoms with Gasteiger partial charge in [-0.05, 0) is 13.5 Å². The van der Waals surface area contributed by atoms with Crippen LogP contribution in [0.15, 0.2) is 0 Å². The first-order valence-corrected chi connectivity index (χ1v) is 4.34. The number of likely N-dealkylation sites (tertiary alicyclic amines) is 1. The number of β-amino-alcohol motifs (C(OH)–C–C–N with tert-alkyl or cyclic N) is 1. The summed E-state index contributed by atoms with van der Waals surface area (Å²) >= 11 is 0. The van der Waals surface area contributed by atoms with Gasteiger partial charge in [-0.25, -0.2) is 0 Å². The Hall–Kier alpha value is -0.610. The van der Waals surface area contributed by atoms with Crippen LogP contribution in [0.5, 0.6) is 0 Å². The van der Waals surface area contributed by atoms with Crippen LogP contribution >= 0.6 is 0 Å². The van der Waals surface area contributed by atoms with E-state index in [1.54, 1.807) is 11.9 Å². The summed E-state index contributed by atoms with van der Waals surface area (Å²) in [5, 5.41) is 12.2. The van der Waals surface area contributed by atoms with Crippen LogP contribution in [0.2, 0.25) is 0 Å². The average Bonchev–Trinajstić information content (AvgIpc) is 2.37.